The highest BCUT2D eigenvalue weighted by atomic mass is 32.1. The molecule has 3 aromatic rings. The number of hydrogen-bond donors (Lipinski definition) is 0. The van der Waals surface area contributed by atoms with Crippen molar-refractivity contribution in [3.63, 3.8) is 0 Å². The summed E-state index contributed by atoms with van der Waals surface area (Å²) in [7, 11) is 0. The highest BCUT2D eigenvalue weighted by Crippen LogP contribution is 2.31. The monoisotopic (exact) mass is 524 g/mol. The number of carbonyl (C=O) groups excluding carboxylic acids is 1. The number of benzene rings is 2. The molecular weight excluding hydrogens is 495 g/mol. The minimum Gasteiger partial charge on any atom is -0.490 e. The van der Waals surface area contributed by atoms with Crippen molar-refractivity contribution >= 4 is 23.4 Å². The summed E-state index contributed by atoms with van der Waals surface area (Å²) < 4.78 is 32.5. The van der Waals surface area contributed by atoms with Gasteiger partial charge in [-0.3, -0.25) is 9.36 Å². The Hall–Kier alpha value is -3.72. The minimum absolute atomic E-state index is 0.0166. The van der Waals surface area contributed by atoms with E-state index in [2.05, 4.69) is 4.99 Å². The fraction of sp³-hybridized carbons (Fsp3) is 0.321. The molecule has 0 N–H and O–H groups in total. The van der Waals surface area contributed by atoms with Crippen molar-refractivity contribution in [1.82, 2.24) is 4.57 Å². The fourth-order valence-electron chi connectivity index (χ4n) is 4.14. The highest BCUT2D eigenvalue weighted by Gasteiger charge is 2.33. The smallest absolute Gasteiger partial charge is 0.338 e. The molecule has 1 aliphatic rings. The van der Waals surface area contributed by atoms with Gasteiger partial charge < -0.3 is 14.2 Å². The van der Waals surface area contributed by atoms with E-state index in [4.69, 9.17) is 14.2 Å². The second-order valence-corrected chi connectivity index (χ2v) is 9.67. The lowest BCUT2D eigenvalue weighted by Gasteiger charge is -2.24. The third kappa shape index (κ3) is 5.51. The van der Waals surface area contributed by atoms with Crippen LogP contribution in [0.2, 0.25) is 0 Å². The minimum atomic E-state index is -0.793. The van der Waals surface area contributed by atoms with Gasteiger partial charge in [-0.1, -0.05) is 29.5 Å². The molecule has 0 spiro atoms. The number of thiazole rings is 1. The molecule has 1 aliphatic heterocycles. The number of hydrogen-bond acceptors (Lipinski definition) is 7. The maximum Gasteiger partial charge on any atom is 0.338 e. The maximum atomic E-state index is 13.7. The lowest BCUT2D eigenvalue weighted by Crippen LogP contribution is -2.39. The first kappa shape index (κ1) is 26.3. The number of esters is 1. The molecule has 0 fully saturated rings. The number of halogens is 1. The Kier molecular flexibility index (Phi) is 7.92. The van der Waals surface area contributed by atoms with Crippen molar-refractivity contribution in [3.8, 4) is 11.5 Å². The summed E-state index contributed by atoms with van der Waals surface area (Å²) in [5.74, 6) is 0.239. The van der Waals surface area contributed by atoms with E-state index >= 15 is 0 Å². The van der Waals surface area contributed by atoms with Gasteiger partial charge in [0.05, 0.1) is 41.2 Å². The number of allylic oxidation sites excluding steroid dienone is 1. The summed E-state index contributed by atoms with van der Waals surface area (Å²) in [4.78, 5) is 31.6. The molecule has 2 aromatic carbocycles. The number of aromatic nitrogens is 1. The highest BCUT2D eigenvalue weighted by molar-refractivity contribution is 7.07. The lowest BCUT2D eigenvalue weighted by atomic mass is 9.96. The van der Waals surface area contributed by atoms with Gasteiger partial charge in [0.15, 0.2) is 16.3 Å². The maximum absolute atomic E-state index is 13.7. The van der Waals surface area contributed by atoms with Gasteiger partial charge in [0.25, 0.3) is 5.56 Å². The van der Waals surface area contributed by atoms with E-state index in [0.29, 0.717) is 38.7 Å². The predicted octanol–water partition coefficient (Wildman–Crippen LogP) is 4.12. The number of ether oxygens (including phenoxy) is 3. The van der Waals surface area contributed by atoms with E-state index in [0.717, 1.165) is 5.56 Å². The van der Waals surface area contributed by atoms with Crippen molar-refractivity contribution in [2.45, 2.75) is 46.8 Å². The molecule has 7 nitrogen and oxygen atoms in total. The van der Waals surface area contributed by atoms with Crippen LogP contribution in [0.3, 0.4) is 0 Å². The van der Waals surface area contributed by atoms with Crippen LogP contribution in [0, 0.1) is 5.82 Å². The van der Waals surface area contributed by atoms with Crippen molar-refractivity contribution in [2.75, 3.05) is 13.2 Å². The third-order valence-electron chi connectivity index (χ3n) is 5.63. The Morgan fingerprint density at radius 2 is 1.86 bits per heavy atom. The normalized spacial score (nSPS) is 15.4. The predicted molar refractivity (Wildman–Crippen MR) is 140 cm³/mol. The third-order valence-corrected chi connectivity index (χ3v) is 6.61. The Morgan fingerprint density at radius 3 is 2.51 bits per heavy atom. The Labute approximate surface area is 218 Å². The molecule has 1 atom stereocenters. The summed E-state index contributed by atoms with van der Waals surface area (Å²) in [6, 6.07) is 10.4. The molecule has 0 aliphatic carbocycles. The first-order valence-corrected chi connectivity index (χ1v) is 12.9. The Morgan fingerprint density at radius 1 is 1.14 bits per heavy atom. The summed E-state index contributed by atoms with van der Waals surface area (Å²) in [5, 5.41) is 0. The van der Waals surface area contributed by atoms with Crippen LogP contribution in [0.15, 0.2) is 63.5 Å². The van der Waals surface area contributed by atoms with Gasteiger partial charge in [-0.2, -0.15) is 0 Å². The zero-order valence-corrected chi connectivity index (χ0v) is 22.2. The number of fused-ring (bicyclic) bond motifs is 1. The van der Waals surface area contributed by atoms with Crippen LogP contribution in [0.5, 0.6) is 11.5 Å². The van der Waals surface area contributed by atoms with Gasteiger partial charge in [0.1, 0.15) is 5.82 Å². The van der Waals surface area contributed by atoms with Gasteiger partial charge in [0.2, 0.25) is 0 Å². The van der Waals surface area contributed by atoms with Crippen LogP contribution in [-0.4, -0.2) is 29.9 Å². The van der Waals surface area contributed by atoms with Crippen LogP contribution in [-0.2, 0) is 9.53 Å². The molecular formula is C28H29FN2O5S. The zero-order valence-electron chi connectivity index (χ0n) is 21.4. The van der Waals surface area contributed by atoms with Crippen molar-refractivity contribution in [3.05, 3.63) is 90.4 Å². The Bertz CT molecular complexity index is 1520. The van der Waals surface area contributed by atoms with Crippen molar-refractivity contribution in [1.29, 1.82) is 0 Å². The SMILES string of the molecule is CCOC(=O)C1=C(C)N=c2s/c(=C\c3ccc(OC(C)C)c(OCC)c3)c(=O)n2[C@@H]1c1ccc(F)cc1. The van der Waals surface area contributed by atoms with Gasteiger partial charge in [-0.25, -0.2) is 14.2 Å². The average molecular weight is 525 g/mol. The standard InChI is InChI=1S/C28H29FN2O5S/c1-6-34-22-14-18(8-13-21(22)36-16(3)4)15-23-26(32)31-25(19-9-11-20(29)12-10-19)24(27(33)35-7-2)17(5)30-28(31)37-23/h8-16,25H,6-7H2,1-5H3/b23-15-/t25-/m1/s1. The Balaban J connectivity index is 1.87. The zero-order chi connectivity index (χ0) is 26.7. The summed E-state index contributed by atoms with van der Waals surface area (Å²) in [5.41, 5.74) is 1.73. The molecule has 9 heteroatoms. The average Bonchev–Trinajstić information content (AvgIpc) is 3.14. The summed E-state index contributed by atoms with van der Waals surface area (Å²) >= 11 is 1.22. The van der Waals surface area contributed by atoms with Crippen molar-refractivity contribution < 1.29 is 23.4 Å². The van der Waals surface area contributed by atoms with Gasteiger partial charge in [-0.05, 0) is 76.1 Å². The molecule has 37 heavy (non-hydrogen) atoms. The van der Waals surface area contributed by atoms with E-state index in [-0.39, 0.29) is 23.8 Å². The van der Waals surface area contributed by atoms with Gasteiger partial charge in [0, 0.05) is 0 Å². The first-order valence-electron chi connectivity index (χ1n) is 12.1. The molecule has 0 amide bonds. The number of nitrogens with zero attached hydrogens (tertiary/aromatic N) is 2. The second-order valence-electron chi connectivity index (χ2n) is 8.66. The van der Waals surface area contributed by atoms with Crippen LogP contribution in [0.1, 0.15) is 51.8 Å². The van der Waals surface area contributed by atoms with Crippen LogP contribution >= 0.6 is 11.3 Å². The van der Waals surface area contributed by atoms with Gasteiger partial charge >= 0.3 is 5.97 Å². The fourth-order valence-corrected chi connectivity index (χ4v) is 5.18. The van der Waals surface area contributed by atoms with Gasteiger partial charge in [-0.15, -0.1) is 0 Å². The van der Waals surface area contributed by atoms with E-state index in [1.165, 1.54) is 28.0 Å². The second kappa shape index (κ2) is 11.1. The molecule has 194 valence electrons. The molecule has 1 aromatic heterocycles. The molecule has 0 bridgehead atoms. The van der Waals surface area contributed by atoms with E-state index in [9.17, 15) is 14.0 Å². The largest absolute Gasteiger partial charge is 0.490 e. The van der Waals surface area contributed by atoms with E-state index < -0.39 is 17.8 Å². The molecule has 0 unspecified atom stereocenters. The van der Waals surface area contributed by atoms with Crippen LogP contribution in [0.4, 0.5) is 4.39 Å². The quantitative estimate of drug-likeness (QED) is 0.414. The topological polar surface area (TPSA) is 79.1 Å². The lowest BCUT2D eigenvalue weighted by molar-refractivity contribution is -0.139. The molecule has 0 radical (unpaired) electrons. The first-order chi connectivity index (χ1) is 17.7. The van der Waals surface area contributed by atoms with Crippen LogP contribution in [0.25, 0.3) is 6.08 Å². The molecule has 2 heterocycles. The summed E-state index contributed by atoms with van der Waals surface area (Å²) in [6.45, 7) is 9.83. The van der Waals surface area contributed by atoms with Crippen molar-refractivity contribution in [2.24, 2.45) is 4.99 Å². The summed E-state index contributed by atoms with van der Waals surface area (Å²) in [6.07, 6.45) is 1.74. The number of carbonyl (C=O) groups is 1. The van der Waals surface area contributed by atoms with E-state index in [1.807, 2.05) is 39.0 Å². The number of rotatable bonds is 8. The van der Waals surface area contributed by atoms with E-state index in [1.54, 1.807) is 32.1 Å². The molecule has 0 saturated carbocycles. The molecule has 4 rings (SSSR count). The molecule has 0 saturated heterocycles. The van der Waals surface area contributed by atoms with Crippen LogP contribution < -0.4 is 24.4 Å².